The second kappa shape index (κ2) is 40.0. The van der Waals surface area contributed by atoms with Gasteiger partial charge >= 0.3 is 17.9 Å². The summed E-state index contributed by atoms with van der Waals surface area (Å²) in [7, 11) is -15.2. The number of carboxylic acids is 3. The largest absolute Gasteiger partial charge is 0.496 e. The standard InChI is InChI=1S/C21H16Cl2N2O5S.C20H15Cl2FN2O4S.C20H14Cl2N2O5S.C19H11Cl3N2O5S/c1-12-8-15(6-7-17(12)23)31(29,30)25-18-10-14(22)11-24-20(18)21(28)16-5-3-2-4-13(16)9-19(26)27;1-11-8-13(6-7-14(11)22)30(27,28)25-16-9-12(21)10-24-19(16)20(26)18-15(23)4-3-5-17(18)29-2;1-11-7-15(5-6-16(11)22)30(28,29)24-17-9-14(21)10-23-18(17)19(25)12-3-2-4-13(8-12)20(26)27;20-10-7-16(24-30(28,29)11-5-6-14(21)15(22)8-11)17(23-9-10)18(25)12-3-1-2-4-13(12)19(26)27/h2-8,10-11,25H,9H2,1H3,(H,26,27);3-10,25H,1-2H3;2-10,24H,1H3,(H,26,27);1-9,24H,(H,26,27). The summed E-state index contributed by atoms with van der Waals surface area (Å²) in [6, 6.07) is 42.0. The number of aromatic nitrogens is 4. The summed E-state index contributed by atoms with van der Waals surface area (Å²) in [6.45, 7) is 4.98. The number of sulfonamides is 4. The van der Waals surface area contributed by atoms with Crippen molar-refractivity contribution in [2.45, 2.75) is 46.8 Å². The van der Waals surface area contributed by atoms with Crippen molar-refractivity contribution in [1.29, 1.82) is 0 Å². The number of aryl methyl sites for hydroxylation is 3. The Morgan fingerprint density at radius 2 is 0.711 bits per heavy atom. The number of pyridine rings is 4. The van der Waals surface area contributed by atoms with Gasteiger partial charge in [-0.15, -0.1) is 0 Å². The fourth-order valence-corrected chi connectivity index (χ4v) is 16.6. The molecule has 12 rings (SSSR count). The molecule has 624 valence electrons. The lowest BCUT2D eigenvalue weighted by molar-refractivity contribution is -0.136. The normalized spacial score (nSPS) is 11.2. The zero-order chi connectivity index (χ0) is 88.9. The predicted molar refractivity (Wildman–Crippen MR) is 457 cm³/mol. The molecular weight excluding hydrogens is 1840 g/mol. The number of aromatic carboxylic acids is 2. The SMILES string of the molecule is COc1cccc(F)c1C(=O)c1ncc(Cl)cc1NS(=O)(=O)c1ccc(Cl)c(C)c1.Cc1cc(S(=O)(=O)Nc2cc(Cl)cnc2C(=O)c2cccc(C(=O)O)c2)ccc1Cl.Cc1cc(S(=O)(=O)Nc2cc(Cl)cnc2C(=O)c2ccccc2CC(=O)O)ccc1Cl.O=C(O)c1ccccc1C(=O)c1ncc(Cl)cc1NS(=O)(=O)c1ccc(Cl)c(Cl)c1. The van der Waals surface area contributed by atoms with Crippen molar-refractivity contribution in [3.8, 4) is 5.75 Å². The quantitative estimate of drug-likeness (QED) is 0.0261. The van der Waals surface area contributed by atoms with E-state index in [2.05, 4.69) is 38.8 Å². The maximum Gasteiger partial charge on any atom is 0.336 e. The molecule has 0 amide bonds. The highest BCUT2D eigenvalue weighted by molar-refractivity contribution is 7.93. The molecule has 0 unspecified atom stereocenters. The van der Waals surface area contributed by atoms with Gasteiger partial charge in [-0.2, -0.15) is 0 Å². The van der Waals surface area contributed by atoms with Gasteiger partial charge in [0.25, 0.3) is 40.1 Å². The maximum absolute atomic E-state index is 14.4. The lowest BCUT2D eigenvalue weighted by Gasteiger charge is -2.14. The monoisotopic (exact) mass is 1890 g/mol. The number of carbonyl (C=O) groups is 7. The third kappa shape index (κ3) is 23.7. The Bertz CT molecular complexity index is 6680. The van der Waals surface area contributed by atoms with Gasteiger partial charge in [-0.1, -0.05) is 165 Å². The first kappa shape index (κ1) is 93.7. The van der Waals surface area contributed by atoms with Crippen molar-refractivity contribution in [1.82, 2.24) is 19.9 Å². The third-order valence-electron chi connectivity index (χ3n) is 16.6. The van der Waals surface area contributed by atoms with Gasteiger partial charge in [-0.25, -0.2) is 67.6 Å². The number of nitrogens with zero attached hydrogens (tertiary/aromatic N) is 4. The molecule has 4 aromatic heterocycles. The van der Waals surface area contributed by atoms with E-state index < -0.39 is 87.0 Å². The minimum Gasteiger partial charge on any atom is -0.496 e. The fourth-order valence-electron chi connectivity index (χ4n) is 10.7. The van der Waals surface area contributed by atoms with Gasteiger partial charge in [0, 0.05) is 56.5 Å². The van der Waals surface area contributed by atoms with Gasteiger partial charge in [0.05, 0.1) is 97.1 Å². The average Bonchev–Trinajstić information content (AvgIpc) is 0.794. The molecule has 27 nitrogen and oxygen atoms in total. The zero-order valence-corrected chi connectivity index (χ0v) is 72.1. The van der Waals surface area contributed by atoms with E-state index in [0.717, 1.165) is 24.5 Å². The number of halogens is 10. The molecule has 0 spiro atoms. The highest BCUT2D eigenvalue weighted by Gasteiger charge is 2.31. The summed E-state index contributed by atoms with van der Waals surface area (Å²) in [5.41, 5.74) is -0.580. The highest BCUT2D eigenvalue weighted by atomic mass is 35.5. The van der Waals surface area contributed by atoms with Crippen LogP contribution >= 0.6 is 104 Å². The van der Waals surface area contributed by atoms with E-state index in [9.17, 15) is 76.7 Å². The Morgan fingerprint density at radius 3 is 1.09 bits per heavy atom. The molecule has 0 bridgehead atoms. The number of benzene rings is 8. The number of hydrogen-bond donors (Lipinski definition) is 7. The Kier molecular flexibility index (Phi) is 31.0. The van der Waals surface area contributed by atoms with Crippen LogP contribution in [0.3, 0.4) is 0 Å². The van der Waals surface area contributed by atoms with Crippen molar-refractivity contribution < 1.29 is 91.7 Å². The van der Waals surface area contributed by atoms with Crippen LogP contribution in [0.4, 0.5) is 27.1 Å². The van der Waals surface area contributed by atoms with Crippen LogP contribution in [0.2, 0.25) is 45.2 Å². The second-order valence-corrected chi connectivity index (χ2v) is 35.5. The summed E-state index contributed by atoms with van der Waals surface area (Å²) in [5.74, 6) is -7.44. The first-order valence-electron chi connectivity index (χ1n) is 33.8. The number of aliphatic carboxylic acids is 1. The van der Waals surface area contributed by atoms with Gasteiger partial charge < -0.3 is 20.1 Å². The number of ether oxygens (including phenoxy) is 1. The maximum atomic E-state index is 14.4. The Labute approximate surface area is 734 Å². The van der Waals surface area contributed by atoms with Crippen LogP contribution in [0.25, 0.3) is 0 Å². The number of methoxy groups -OCH3 is 1. The topological polar surface area (TPSA) is 426 Å². The average molecular weight is 1900 g/mol. The van der Waals surface area contributed by atoms with Crippen LogP contribution in [0.5, 0.6) is 5.75 Å². The first-order valence-corrected chi connectivity index (χ1v) is 43.2. The molecule has 41 heteroatoms. The number of ketones is 4. The third-order valence-corrected chi connectivity index (χ3v) is 24.9. The number of hydrogen-bond acceptors (Lipinski definition) is 20. The van der Waals surface area contributed by atoms with Crippen LogP contribution in [0.15, 0.2) is 232 Å². The van der Waals surface area contributed by atoms with E-state index in [1.165, 1.54) is 183 Å². The van der Waals surface area contributed by atoms with Crippen LogP contribution in [0, 0.1) is 26.6 Å². The smallest absolute Gasteiger partial charge is 0.336 e. The molecule has 0 radical (unpaired) electrons. The van der Waals surface area contributed by atoms with Crippen LogP contribution in [-0.2, 0) is 51.3 Å². The summed E-state index contributed by atoms with van der Waals surface area (Å²) in [4.78, 5) is 101. The van der Waals surface area contributed by atoms with Gasteiger partial charge in [0.2, 0.25) is 23.1 Å². The minimum atomic E-state index is -4.19. The number of carbonyl (C=O) groups excluding carboxylic acids is 4. The molecule has 4 heterocycles. The number of anilines is 4. The molecule has 0 fully saturated rings. The molecule has 0 atom stereocenters. The molecule has 0 aliphatic carbocycles. The Balaban J connectivity index is 0.000000183. The van der Waals surface area contributed by atoms with Crippen molar-refractivity contribution in [3.05, 3.63) is 342 Å². The molecule has 8 aromatic carbocycles. The molecule has 0 aliphatic rings. The van der Waals surface area contributed by atoms with Crippen molar-refractivity contribution in [3.63, 3.8) is 0 Å². The van der Waals surface area contributed by atoms with Gasteiger partial charge in [0.15, 0.2) is 0 Å². The van der Waals surface area contributed by atoms with Crippen LogP contribution < -0.4 is 23.6 Å². The van der Waals surface area contributed by atoms with Crippen molar-refractivity contribution in [2.75, 3.05) is 26.0 Å². The first-order chi connectivity index (χ1) is 56.9. The van der Waals surface area contributed by atoms with Crippen LogP contribution in [0.1, 0.15) is 107 Å². The number of carboxylic acid groups (broad SMARTS) is 3. The van der Waals surface area contributed by atoms with Gasteiger partial charge in [-0.05, 0) is 170 Å². The van der Waals surface area contributed by atoms with E-state index in [4.69, 9.17) is 119 Å². The van der Waals surface area contributed by atoms with E-state index in [0.29, 0.717) is 31.8 Å². The van der Waals surface area contributed by atoms with Gasteiger partial charge in [0.1, 0.15) is 39.9 Å². The van der Waals surface area contributed by atoms with E-state index in [-0.39, 0.29) is 146 Å². The molecule has 121 heavy (non-hydrogen) atoms. The Morgan fingerprint density at radius 1 is 0.364 bits per heavy atom. The zero-order valence-electron chi connectivity index (χ0n) is 62.0. The molecule has 0 saturated heterocycles. The molecule has 12 aromatic rings. The van der Waals surface area contributed by atoms with Crippen LogP contribution in [-0.4, -0.2) is 117 Å². The second-order valence-electron chi connectivity index (χ2n) is 25.0. The Hall–Kier alpha value is -11.2. The lowest BCUT2D eigenvalue weighted by atomic mass is 9.98. The summed E-state index contributed by atoms with van der Waals surface area (Å²) >= 11 is 53.4. The summed E-state index contributed by atoms with van der Waals surface area (Å²) in [6.07, 6.45) is 4.33. The highest BCUT2D eigenvalue weighted by Crippen LogP contribution is 2.35. The van der Waals surface area contributed by atoms with Crippen molar-refractivity contribution in [2.24, 2.45) is 0 Å². The van der Waals surface area contributed by atoms with E-state index in [1.807, 2.05) is 0 Å². The molecular formula is C80H56Cl9FN8O19S4. The fraction of sp³-hybridized carbons (Fsp3) is 0.0625. The number of nitrogens with one attached hydrogen (secondary N) is 4. The van der Waals surface area contributed by atoms with E-state index in [1.54, 1.807) is 32.9 Å². The summed E-state index contributed by atoms with van der Waals surface area (Å²) < 4.78 is 131. The molecule has 0 saturated carbocycles. The lowest BCUT2D eigenvalue weighted by Crippen LogP contribution is -2.18. The minimum absolute atomic E-state index is 0.0149. The number of rotatable bonds is 25. The predicted octanol–water partition coefficient (Wildman–Crippen LogP) is 18.4. The van der Waals surface area contributed by atoms with Crippen molar-refractivity contribution >= 4 is 208 Å². The molecule has 7 N–H and O–H groups in total. The van der Waals surface area contributed by atoms with E-state index >= 15 is 0 Å². The molecule has 0 aliphatic heterocycles. The van der Waals surface area contributed by atoms with Gasteiger partial charge in [-0.3, -0.25) is 42.9 Å². The summed E-state index contributed by atoms with van der Waals surface area (Å²) in [5, 5.41) is 29.3.